The van der Waals surface area contributed by atoms with Crippen LogP contribution in [0.2, 0.25) is 0 Å². The van der Waals surface area contributed by atoms with Crippen molar-refractivity contribution in [2.45, 2.75) is 69.9 Å². The van der Waals surface area contributed by atoms with E-state index in [1.807, 2.05) is 30.9 Å². The van der Waals surface area contributed by atoms with Crippen LogP contribution in [-0.4, -0.2) is 38.6 Å². The van der Waals surface area contributed by atoms with Crippen molar-refractivity contribution in [2.75, 3.05) is 5.75 Å². The van der Waals surface area contributed by atoms with Crippen molar-refractivity contribution in [1.82, 2.24) is 14.9 Å². The van der Waals surface area contributed by atoms with Gasteiger partial charge in [-0.25, -0.2) is 9.97 Å². The summed E-state index contributed by atoms with van der Waals surface area (Å²) in [4.78, 5) is 23.1. The zero-order valence-corrected chi connectivity index (χ0v) is 18.7. The molecule has 166 valence electrons. The number of benzene rings is 1. The second kappa shape index (κ2) is 8.45. The fourth-order valence-electron chi connectivity index (χ4n) is 5.07. The van der Waals surface area contributed by atoms with Crippen LogP contribution < -0.4 is 0 Å². The Morgan fingerprint density at radius 1 is 1.10 bits per heavy atom. The van der Waals surface area contributed by atoms with Crippen molar-refractivity contribution in [3.63, 3.8) is 0 Å². The molecule has 1 aliphatic heterocycles. The molecule has 1 aromatic heterocycles. The molecule has 2 aromatic rings. The number of carbonyl (C=O) groups is 1. The Morgan fingerprint density at radius 3 is 2.45 bits per heavy atom. The Bertz CT molecular complexity index is 983. The molecule has 2 unspecified atom stereocenters. The normalized spacial score (nSPS) is 23.3. The maximum Gasteiger partial charge on any atom is 0.433 e. The van der Waals surface area contributed by atoms with Gasteiger partial charge in [0.15, 0.2) is 10.9 Å². The Balaban J connectivity index is 1.62. The second-order valence-electron chi connectivity index (χ2n) is 8.70. The third-order valence-corrected chi connectivity index (χ3v) is 7.05. The van der Waals surface area contributed by atoms with Gasteiger partial charge in [-0.2, -0.15) is 13.2 Å². The molecule has 1 fully saturated rings. The summed E-state index contributed by atoms with van der Waals surface area (Å²) in [5.41, 5.74) is 1.31. The summed E-state index contributed by atoms with van der Waals surface area (Å²) in [5, 5.41) is 0.00168. The molecule has 1 aliphatic carbocycles. The molecule has 0 spiro atoms. The Labute approximate surface area is 184 Å². The van der Waals surface area contributed by atoms with Gasteiger partial charge in [-0.1, -0.05) is 43.0 Å². The lowest BCUT2D eigenvalue weighted by Crippen LogP contribution is -2.50. The fraction of sp³-hybridized carbons (Fsp3) is 0.522. The number of hydrogen-bond acceptors (Lipinski definition) is 4. The van der Waals surface area contributed by atoms with Crippen molar-refractivity contribution in [3.05, 3.63) is 41.1 Å². The molecule has 1 aromatic carbocycles. The van der Waals surface area contributed by atoms with E-state index in [0.29, 0.717) is 18.0 Å². The van der Waals surface area contributed by atoms with E-state index in [9.17, 15) is 18.0 Å². The van der Waals surface area contributed by atoms with E-state index in [0.717, 1.165) is 35.7 Å². The molecular weight excluding hydrogens is 423 g/mol. The molecule has 1 saturated heterocycles. The van der Waals surface area contributed by atoms with E-state index < -0.39 is 11.9 Å². The summed E-state index contributed by atoms with van der Waals surface area (Å²) < 4.78 is 41.4. The first-order valence-corrected chi connectivity index (χ1v) is 11.6. The van der Waals surface area contributed by atoms with Crippen molar-refractivity contribution in [1.29, 1.82) is 0 Å². The lowest BCUT2D eigenvalue weighted by Gasteiger charge is -2.41. The van der Waals surface area contributed by atoms with Gasteiger partial charge in [0.2, 0.25) is 5.91 Å². The molecule has 2 atom stereocenters. The van der Waals surface area contributed by atoms with Gasteiger partial charge in [-0.05, 0) is 51.0 Å². The molecule has 4 nitrogen and oxygen atoms in total. The highest BCUT2D eigenvalue weighted by Gasteiger charge is 2.39. The van der Waals surface area contributed by atoms with Crippen molar-refractivity contribution in [3.8, 4) is 11.3 Å². The van der Waals surface area contributed by atoms with Gasteiger partial charge in [-0.3, -0.25) is 4.79 Å². The van der Waals surface area contributed by atoms with E-state index in [2.05, 4.69) is 16.9 Å². The number of hydrogen-bond donors (Lipinski definition) is 0. The number of halogens is 3. The van der Waals surface area contributed by atoms with Gasteiger partial charge in [-0.15, -0.1) is 0 Å². The smallest absolute Gasteiger partial charge is 0.337 e. The van der Waals surface area contributed by atoms with E-state index in [4.69, 9.17) is 0 Å². The van der Waals surface area contributed by atoms with Crippen LogP contribution in [0.3, 0.4) is 0 Å². The molecule has 8 heteroatoms. The zero-order chi connectivity index (χ0) is 22.3. The molecule has 0 saturated carbocycles. The molecule has 4 rings (SSSR count). The summed E-state index contributed by atoms with van der Waals surface area (Å²) in [6, 6.07) is 7.65. The predicted octanol–water partition coefficient (Wildman–Crippen LogP) is 5.39. The predicted molar refractivity (Wildman–Crippen MR) is 115 cm³/mol. The van der Waals surface area contributed by atoms with Crippen LogP contribution in [-0.2, 0) is 23.8 Å². The number of nitrogens with zero attached hydrogens (tertiary/aromatic N) is 3. The molecule has 1 amide bonds. The zero-order valence-electron chi connectivity index (χ0n) is 17.9. The van der Waals surface area contributed by atoms with Crippen LogP contribution in [0.25, 0.3) is 11.3 Å². The van der Waals surface area contributed by atoms with Crippen LogP contribution >= 0.6 is 11.8 Å². The minimum atomic E-state index is -4.56. The third-order valence-electron chi connectivity index (χ3n) is 6.22. The van der Waals surface area contributed by atoms with Gasteiger partial charge in [0.1, 0.15) is 0 Å². The highest BCUT2D eigenvalue weighted by molar-refractivity contribution is 7.99. The maximum atomic E-state index is 13.8. The highest BCUT2D eigenvalue weighted by atomic mass is 32.2. The number of piperidine rings is 1. The SMILES string of the molecule is CC1CC(C)N(C(=O)CSc2nc3c(c(C(F)(F)F)n2)CCc2ccccc2-3)C(C)C1. The highest BCUT2D eigenvalue weighted by Crippen LogP contribution is 2.40. The Hall–Kier alpha value is -2.09. The second-order valence-corrected chi connectivity index (χ2v) is 9.64. The number of amides is 1. The topological polar surface area (TPSA) is 46.1 Å². The lowest BCUT2D eigenvalue weighted by molar-refractivity contribution is -0.142. The van der Waals surface area contributed by atoms with Crippen LogP contribution in [0.4, 0.5) is 13.2 Å². The van der Waals surface area contributed by atoms with Crippen LogP contribution in [0, 0.1) is 5.92 Å². The van der Waals surface area contributed by atoms with Gasteiger partial charge in [0.05, 0.1) is 11.4 Å². The van der Waals surface area contributed by atoms with Crippen LogP contribution in [0.1, 0.15) is 50.4 Å². The molecule has 2 heterocycles. The van der Waals surface area contributed by atoms with E-state index >= 15 is 0 Å². The third kappa shape index (κ3) is 4.45. The Kier molecular flexibility index (Phi) is 6.03. The number of thioether (sulfide) groups is 1. The van der Waals surface area contributed by atoms with Gasteiger partial charge in [0, 0.05) is 23.2 Å². The number of alkyl halides is 3. The summed E-state index contributed by atoms with van der Waals surface area (Å²) in [7, 11) is 0. The van der Waals surface area contributed by atoms with Crippen molar-refractivity contribution in [2.24, 2.45) is 5.92 Å². The number of likely N-dealkylation sites (tertiary alicyclic amines) is 1. The number of fused-ring (bicyclic) bond motifs is 3. The fourth-order valence-corrected chi connectivity index (χ4v) is 5.78. The van der Waals surface area contributed by atoms with Gasteiger partial charge < -0.3 is 4.90 Å². The summed E-state index contributed by atoms with van der Waals surface area (Å²) in [6.45, 7) is 6.24. The largest absolute Gasteiger partial charge is 0.433 e. The number of carbonyl (C=O) groups excluding carboxylic acids is 1. The van der Waals surface area contributed by atoms with Crippen molar-refractivity contribution >= 4 is 17.7 Å². The molecule has 0 N–H and O–H groups in total. The molecule has 0 radical (unpaired) electrons. The molecule has 31 heavy (non-hydrogen) atoms. The first-order valence-electron chi connectivity index (χ1n) is 10.7. The van der Waals surface area contributed by atoms with Crippen LogP contribution in [0.5, 0.6) is 0 Å². The van der Waals surface area contributed by atoms with E-state index in [1.165, 1.54) is 0 Å². The van der Waals surface area contributed by atoms with E-state index in [1.54, 1.807) is 12.1 Å². The first-order chi connectivity index (χ1) is 14.6. The average molecular weight is 450 g/mol. The van der Waals surface area contributed by atoms with Gasteiger partial charge in [0.25, 0.3) is 0 Å². The maximum absolute atomic E-state index is 13.8. The summed E-state index contributed by atoms with van der Waals surface area (Å²) in [5.74, 6) is 0.508. The lowest BCUT2D eigenvalue weighted by atomic mass is 9.88. The number of rotatable bonds is 3. The van der Waals surface area contributed by atoms with E-state index in [-0.39, 0.29) is 40.9 Å². The average Bonchev–Trinajstić information content (AvgIpc) is 2.70. The number of aromatic nitrogens is 2. The first kappa shape index (κ1) is 22.1. The molecule has 2 aliphatic rings. The quantitative estimate of drug-likeness (QED) is 0.466. The van der Waals surface area contributed by atoms with Crippen molar-refractivity contribution < 1.29 is 18.0 Å². The number of aryl methyl sites for hydroxylation is 1. The summed E-state index contributed by atoms with van der Waals surface area (Å²) >= 11 is 0.991. The molecule has 0 bridgehead atoms. The summed E-state index contributed by atoms with van der Waals surface area (Å²) in [6.07, 6.45) is -1.91. The minimum absolute atomic E-state index is 0.00168. The minimum Gasteiger partial charge on any atom is -0.337 e. The van der Waals surface area contributed by atoms with Crippen LogP contribution in [0.15, 0.2) is 29.4 Å². The molecular formula is C23H26F3N3OS. The Morgan fingerprint density at radius 2 is 1.77 bits per heavy atom. The monoisotopic (exact) mass is 449 g/mol. The van der Waals surface area contributed by atoms with Gasteiger partial charge >= 0.3 is 6.18 Å². The standard InChI is InChI=1S/C23H26F3N3OS/c1-13-10-14(2)29(15(3)11-13)19(30)12-31-22-27-20-17-7-5-4-6-16(17)8-9-18(20)21(28-22)23(24,25)26/h4-7,13-15H,8-12H2,1-3H3.